The number of aliphatic hydroxyl groups is 1. The van der Waals surface area contributed by atoms with Gasteiger partial charge < -0.3 is 14.4 Å². The Morgan fingerprint density at radius 2 is 1.84 bits per heavy atom. The van der Waals surface area contributed by atoms with Crippen molar-refractivity contribution in [3.63, 3.8) is 0 Å². The molecule has 19 heavy (non-hydrogen) atoms. The van der Waals surface area contributed by atoms with Crippen LogP contribution in [0.2, 0.25) is 0 Å². The summed E-state index contributed by atoms with van der Waals surface area (Å²) in [7, 11) is 10.9. The molecule has 2 heterocycles. The second-order valence-electron chi connectivity index (χ2n) is 5.96. The average molecular weight is 258 g/mol. The molecule has 1 aliphatic rings. The van der Waals surface area contributed by atoms with E-state index in [4.69, 9.17) is 30.1 Å². The van der Waals surface area contributed by atoms with E-state index in [0.717, 1.165) is 0 Å². The maximum absolute atomic E-state index is 9.11. The smallest absolute Gasteiger partial charge is 0.399 e. The standard InChI is InChI=1S/C11H17B3N2O3/c1-9(2)10(3,4)19-14(18-9)8-5-15-16(6-8)11(12,13)7-17/h5-6,17H,7H2,1-4H3. The number of aromatic nitrogens is 2. The highest BCUT2D eigenvalue weighted by Crippen LogP contribution is 2.36. The van der Waals surface area contributed by atoms with E-state index in [1.807, 2.05) is 27.7 Å². The van der Waals surface area contributed by atoms with E-state index in [1.165, 1.54) is 4.68 Å². The molecule has 2 rings (SSSR count). The summed E-state index contributed by atoms with van der Waals surface area (Å²) in [4.78, 5) is 0. The third kappa shape index (κ3) is 2.49. The lowest BCUT2D eigenvalue weighted by Crippen LogP contribution is -2.41. The van der Waals surface area contributed by atoms with Gasteiger partial charge in [0, 0.05) is 23.2 Å². The zero-order valence-electron chi connectivity index (χ0n) is 11.8. The van der Waals surface area contributed by atoms with Gasteiger partial charge in [-0.05, 0) is 27.7 Å². The first-order valence-electron chi connectivity index (χ1n) is 6.18. The molecule has 0 unspecified atom stereocenters. The van der Waals surface area contributed by atoms with Gasteiger partial charge in [0.15, 0.2) is 0 Å². The number of hydrogen-bond donors (Lipinski definition) is 1. The van der Waals surface area contributed by atoms with Crippen molar-refractivity contribution in [2.75, 3.05) is 6.61 Å². The molecule has 1 aromatic rings. The van der Waals surface area contributed by atoms with Gasteiger partial charge in [-0.1, -0.05) is 0 Å². The minimum atomic E-state index is -1.43. The average Bonchev–Trinajstić information content (AvgIpc) is 2.83. The third-order valence-corrected chi connectivity index (χ3v) is 3.81. The predicted molar refractivity (Wildman–Crippen MR) is 74.5 cm³/mol. The molecular formula is C11H17B3N2O3. The second-order valence-corrected chi connectivity index (χ2v) is 5.96. The summed E-state index contributed by atoms with van der Waals surface area (Å²) in [6.07, 6.45) is 3.20. The Hall–Kier alpha value is -0.715. The van der Waals surface area contributed by atoms with Crippen LogP contribution in [0.4, 0.5) is 0 Å². The number of aliphatic hydroxyl groups excluding tert-OH is 1. The van der Waals surface area contributed by atoms with Crippen LogP contribution < -0.4 is 5.46 Å². The van der Waals surface area contributed by atoms with Gasteiger partial charge in [-0.3, -0.25) is 4.68 Å². The molecule has 0 aromatic carbocycles. The Balaban J connectivity index is 2.22. The van der Waals surface area contributed by atoms with Crippen molar-refractivity contribution < 1.29 is 14.4 Å². The van der Waals surface area contributed by atoms with E-state index in [2.05, 4.69) is 5.10 Å². The van der Waals surface area contributed by atoms with E-state index in [0.29, 0.717) is 5.46 Å². The maximum Gasteiger partial charge on any atom is 0.498 e. The minimum absolute atomic E-state index is 0.417. The molecule has 1 aromatic heterocycles. The summed E-state index contributed by atoms with van der Waals surface area (Å²) in [5.74, 6) is 0. The van der Waals surface area contributed by atoms with Crippen molar-refractivity contribution in [1.29, 1.82) is 0 Å². The highest BCUT2D eigenvalue weighted by atomic mass is 16.7. The van der Waals surface area contributed by atoms with Crippen molar-refractivity contribution in [2.24, 2.45) is 0 Å². The fourth-order valence-electron chi connectivity index (χ4n) is 1.74. The first-order chi connectivity index (χ1) is 8.59. The fourth-order valence-corrected chi connectivity index (χ4v) is 1.74. The third-order valence-electron chi connectivity index (χ3n) is 3.81. The van der Waals surface area contributed by atoms with Crippen molar-refractivity contribution in [3.05, 3.63) is 12.4 Å². The van der Waals surface area contributed by atoms with E-state index in [-0.39, 0.29) is 0 Å². The molecule has 98 valence electrons. The lowest BCUT2D eigenvalue weighted by molar-refractivity contribution is 0.00578. The van der Waals surface area contributed by atoms with Crippen LogP contribution in [-0.2, 0) is 14.6 Å². The van der Waals surface area contributed by atoms with Gasteiger partial charge in [0.05, 0.1) is 33.5 Å². The summed E-state index contributed by atoms with van der Waals surface area (Å²) in [5, 5.41) is 11.7. The molecule has 4 radical (unpaired) electrons. The highest BCUT2D eigenvalue weighted by molar-refractivity contribution is 6.62. The first kappa shape index (κ1) is 14.7. The Kier molecular flexibility index (Phi) is 3.40. The summed E-state index contributed by atoms with van der Waals surface area (Å²) in [6, 6.07) is 0. The van der Waals surface area contributed by atoms with Gasteiger partial charge in [-0.15, -0.1) is 0 Å². The van der Waals surface area contributed by atoms with Crippen LogP contribution in [0, 0.1) is 0 Å². The van der Waals surface area contributed by atoms with Crippen LogP contribution in [-0.4, -0.2) is 55.5 Å². The Morgan fingerprint density at radius 1 is 1.32 bits per heavy atom. The molecule has 1 aliphatic heterocycles. The molecule has 0 saturated carbocycles. The topological polar surface area (TPSA) is 56.5 Å². The van der Waals surface area contributed by atoms with Gasteiger partial charge >= 0.3 is 7.12 Å². The van der Waals surface area contributed by atoms with E-state index >= 15 is 0 Å². The molecule has 1 fully saturated rings. The van der Waals surface area contributed by atoms with Gasteiger partial charge in [0.25, 0.3) is 0 Å². The Labute approximate surface area is 116 Å². The second kappa shape index (κ2) is 4.40. The van der Waals surface area contributed by atoms with E-state index in [9.17, 15) is 0 Å². The molecule has 1 N–H and O–H groups in total. The quantitative estimate of drug-likeness (QED) is 0.715. The largest absolute Gasteiger partial charge is 0.498 e. The zero-order chi connectivity index (χ0) is 14.5. The summed E-state index contributed by atoms with van der Waals surface area (Å²) in [6.45, 7) is 7.47. The molecular weight excluding hydrogens is 241 g/mol. The van der Waals surface area contributed by atoms with Crippen LogP contribution in [0.25, 0.3) is 0 Å². The van der Waals surface area contributed by atoms with Crippen molar-refractivity contribution in [3.8, 4) is 0 Å². The summed E-state index contributed by atoms with van der Waals surface area (Å²) >= 11 is 0. The zero-order valence-corrected chi connectivity index (χ0v) is 11.8. The predicted octanol–water partition coefficient (Wildman–Crippen LogP) is -0.878. The van der Waals surface area contributed by atoms with Gasteiger partial charge in [0.1, 0.15) is 0 Å². The Bertz CT molecular complexity index is 458. The monoisotopic (exact) mass is 258 g/mol. The summed E-state index contributed by atoms with van der Waals surface area (Å²) in [5.41, 5.74) is -0.120. The minimum Gasteiger partial charge on any atom is -0.399 e. The highest BCUT2D eigenvalue weighted by Gasteiger charge is 2.52. The molecule has 0 bridgehead atoms. The molecule has 0 amide bonds. The molecule has 0 aliphatic carbocycles. The lowest BCUT2D eigenvalue weighted by atomic mass is 9.62. The molecule has 0 spiro atoms. The number of hydrogen-bond acceptors (Lipinski definition) is 4. The Morgan fingerprint density at radius 3 is 2.32 bits per heavy atom. The van der Waals surface area contributed by atoms with E-state index in [1.54, 1.807) is 12.4 Å². The summed E-state index contributed by atoms with van der Waals surface area (Å²) < 4.78 is 13.1. The van der Waals surface area contributed by atoms with Crippen LogP contribution in [0.3, 0.4) is 0 Å². The first-order valence-corrected chi connectivity index (χ1v) is 6.18. The fraction of sp³-hybridized carbons (Fsp3) is 0.727. The van der Waals surface area contributed by atoms with Crippen molar-refractivity contribution >= 4 is 28.3 Å². The molecule has 5 nitrogen and oxygen atoms in total. The van der Waals surface area contributed by atoms with Crippen molar-refractivity contribution in [2.45, 2.75) is 44.2 Å². The number of nitrogens with zero attached hydrogens (tertiary/aromatic N) is 2. The molecule has 0 atom stereocenters. The number of rotatable bonds is 3. The molecule has 1 saturated heterocycles. The maximum atomic E-state index is 9.11. The molecule has 8 heteroatoms. The van der Waals surface area contributed by atoms with Crippen LogP contribution in [0.1, 0.15) is 27.7 Å². The van der Waals surface area contributed by atoms with Gasteiger partial charge in [-0.2, -0.15) is 5.10 Å². The van der Waals surface area contributed by atoms with Gasteiger partial charge in [-0.25, -0.2) is 0 Å². The van der Waals surface area contributed by atoms with Crippen LogP contribution in [0.5, 0.6) is 0 Å². The lowest BCUT2D eigenvalue weighted by Gasteiger charge is -2.32. The van der Waals surface area contributed by atoms with E-state index < -0.39 is 30.3 Å². The van der Waals surface area contributed by atoms with Crippen LogP contribution in [0.15, 0.2) is 12.4 Å². The van der Waals surface area contributed by atoms with Crippen molar-refractivity contribution in [1.82, 2.24) is 9.78 Å². The normalized spacial score (nSPS) is 21.8. The van der Waals surface area contributed by atoms with Gasteiger partial charge in [0.2, 0.25) is 0 Å². The van der Waals surface area contributed by atoms with Crippen LogP contribution >= 0.6 is 0 Å². The SMILES string of the molecule is [B]C([B])(CO)n1cc(B2OC(C)(C)C(C)(C)O2)cn1.